The van der Waals surface area contributed by atoms with E-state index in [2.05, 4.69) is 40.6 Å². The summed E-state index contributed by atoms with van der Waals surface area (Å²) in [5.74, 6) is 0.148. The van der Waals surface area contributed by atoms with Crippen molar-refractivity contribution in [2.75, 3.05) is 26.2 Å². The first-order valence-electron chi connectivity index (χ1n) is 10.8. The number of unbranched alkanes of at least 4 members (excludes halogenated alkanes) is 1. The second kappa shape index (κ2) is 11.0. The molecule has 4 heteroatoms. The van der Waals surface area contributed by atoms with E-state index in [1.807, 2.05) is 18.3 Å². The molecule has 1 aliphatic heterocycles. The molecule has 0 bridgehead atoms. The molecule has 150 valence electrons. The Labute approximate surface area is 169 Å². The number of carbonyl (C=O) groups excluding carboxylic acids is 1. The number of nitrogens with one attached hydrogen (secondary N) is 1. The zero-order valence-electron chi connectivity index (χ0n) is 17.0. The molecule has 0 spiro atoms. The molecule has 0 atom stereocenters. The maximum Gasteiger partial charge on any atom is 0.220 e. The third kappa shape index (κ3) is 6.75. The normalized spacial score (nSPS) is 15.9. The lowest BCUT2D eigenvalue weighted by Gasteiger charge is -2.42. The molecular formula is C24H34N3O+. The minimum absolute atomic E-state index is 0.148. The predicted molar refractivity (Wildman–Crippen MR) is 114 cm³/mol. The minimum Gasteiger partial charge on any atom is -0.356 e. The molecule has 1 amide bonds. The van der Waals surface area contributed by atoms with Gasteiger partial charge in [-0.1, -0.05) is 36.4 Å². The number of nitrogens with zero attached hydrogens (tertiary/aromatic N) is 2. The molecule has 1 aliphatic rings. The maximum atomic E-state index is 12.0. The molecule has 0 saturated carbocycles. The highest BCUT2D eigenvalue weighted by atomic mass is 16.1. The van der Waals surface area contributed by atoms with E-state index in [0.29, 0.717) is 6.42 Å². The van der Waals surface area contributed by atoms with Gasteiger partial charge >= 0.3 is 0 Å². The molecule has 2 heterocycles. The highest BCUT2D eigenvalue weighted by Crippen LogP contribution is 2.23. The van der Waals surface area contributed by atoms with Crippen LogP contribution in [0.2, 0.25) is 0 Å². The van der Waals surface area contributed by atoms with Crippen molar-refractivity contribution in [2.45, 2.75) is 51.5 Å². The lowest BCUT2D eigenvalue weighted by Crippen LogP contribution is -2.51. The summed E-state index contributed by atoms with van der Waals surface area (Å²) < 4.78 is 1.22. The summed E-state index contributed by atoms with van der Waals surface area (Å²) in [6, 6.07) is 14.9. The summed E-state index contributed by atoms with van der Waals surface area (Å²) >= 11 is 0. The smallest absolute Gasteiger partial charge is 0.220 e. The van der Waals surface area contributed by atoms with Gasteiger partial charge in [0, 0.05) is 30.9 Å². The molecule has 0 radical (unpaired) electrons. The van der Waals surface area contributed by atoms with E-state index in [1.54, 1.807) is 6.20 Å². The van der Waals surface area contributed by atoms with Crippen LogP contribution in [0.15, 0.2) is 54.9 Å². The lowest BCUT2D eigenvalue weighted by molar-refractivity contribution is -0.945. The van der Waals surface area contributed by atoms with Gasteiger partial charge in [-0.3, -0.25) is 9.78 Å². The number of hydrogen-bond acceptors (Lipinski definition) is 2. The molecule has 28 heavy (non-hydrogen) atoms. The van der Waals surface area contributed by atoms with Crippen molar-refractivity contribution >= 4 is 5.91 Å². The number of likely N-dealkylation sites (tertiary alicyclic amines) is 1. The van der Waals surface area contributed by atoms with E-state index in [0.717, 1.165) is 31.5 Å². The zero-order valence-corrected chi connectivity index (χ0v) is 17.0. The van der Waals surface area contributed by atoms with Crippen LogP contribution in [0.5, 0.6) is 0 Å². The van der Waals surface area contributed by atoms with Crippen molar-refractivity contribution in [3.63, 3.8) is 0 Å². The Kier molecular flexibility index (Phi) is 8.04. The third-order valence-electron chi connectivity index (χ3n) is 5.87. The largest absolute Gasteiger partial charge is 0.356 e. The fraction of sp³-hybridized carbons (Fsp3) is 0.500. The van der Waals surface area contributed by atoms with Crippen LogP contribution in [0, 0.1) is 0 Å². The quantitative estimate of drug-likeness (QED) is 0.498. The lowest BCUT2D eigenvalue weighted by atomic mass is 10.0. The molecule has 0 unspecified atom stereocenters. The number of rotatable bonds is 10. The fourth-order valence-electron chi connectivity index (χ4n) is 4.31. The first kappa shape index (κ1) is 20.5. The molecule has 1 N–H and O–H groups in total. The molecule has 1 aromatic carbocycles. The highest BCUT2D eigenvalue weighted by molar-refractivity contribution is 5.76. The summed E-state index contributed by atoms with van der Waals surface area (Å²) in [5, 5.41) is 3.09. The number of benzene rings is 1. The number of carbonyl (C=O) groups is 1. The van der Waals surface area contributed by atoms with Crippen molar-refractivity contribution in [2.24, 2.45) is 0 Å². The Balaban J connectivity index is 1.36. The van der Waals surface area contributed by atoms with Gasteiger partial charge in [0.2, 0.25) is 5.91 Å². The first-order valence-corrected chi connectivity index (χ1v) is 10.8. The maximum absolute atomic E-state index is 12.0. The average Bonchev–Trinajstić information content (AvgIpc) is 2.74. The van der Waals surface area contributed by atoms with E-state index in [-0.39, 0.29) is 5.91 Å². The average molecular weight is 381 g/mol. The van der Waals surface area contributed by atoms with E-state index in [1.165, 1.54) is 55.4 Å². The van der Waals surface area contributed by atoms with Crippen LogP contribution in [0.1, 0.15) is 49.7 Å². The van der Waals surface area contributed by atoms with Gasteiger partial charge in [0.05, 0.1) is 19.6 Å². The molecule has 1 aromatic heterocycles. The molecule has 4 nitrogen and oxygen atoms in total. The SMILES string of the molecule is O=C(CCc1cccnc1)NCCCC[N+]1(Cc2ccccc2)CCCCC1. The van der Waals surface area contributed by atoms with Crippen molar-refractivity contribution < 1.29 is 9.28 Å². The number of aromatic nitrogens is 1. The Morgan fingerprint density at radius 1 is 0.964 bits per heavy atom. The summed E-state index contributed by atoms with van der Waals surface area (Å²) in [5.41, 5.74) is 2.57. The van der Waals surface area contributed by atoms with Crippen LogP contribution < -0.4 is 5.32 Å². The van der Waals surface area contributed by atoms with Crippen LogP contribution >= 0.6 is 0 Å². The van der Waals surface area contributed by atoms with Gasteiger partial charge in [-0.2, -0.15) is 0 Å². The van der Waals surface area contributed by atoms with Crippen LogP contribution in [-0.2, 0) is 17.8 Å². The summed E-state index contributed by atoms with van der Waals surface area (Å²) in [4.78, 5) is 16.1. The van der Waals surface area contributed by atoms with Crippen molar-refractivity contribution in [1.29, 1.82) is 0 Å². The third-order valence-corrected chi connectivity index (χ3v) is 5.87. The molecule has 0 aliphatic carbocycles. The van der Waals surface area contributed by atoms with Gasteiger partial charge in [-0.15, -0.1) is 0 Å². The standard InChI is InChI=1S/C24H33N3O/c28-24(14-13-22-12-9-15-25-20-22)26-16-5-8-19-27(17-6-2-7-18-27)21-23-10-3-1-4-11-23/h1,3-4,9-12,15,20H,2,5-8,13-14,16-19,21H2/p+1. The van der Waals surface area contributed by atoms with E-state index in [4.69, 9.17) is 0 Å². The Bertz CT molecular complexity index is 696. The summed E-state index contributed by atoms with van der Waals surface area (Å²) in [6.45, 7) is 5.76. The number of hydrogen-bond donors (Lipinski definition) is 1. The molecule has 1 fully saturated rings. The van der Waals surface area contributed by atoms with Gasteiger partial charge in [-0.05, 0) is 50.2 Å². The summed E-state index contributed by atoms with van der Waals surface area (Å²) in [7, 11) is 0. The number of aryl methyl sites for hydroxylation is 1. The van der Waals surface area contributed by atoms with Crippen LogP contribution in [0.4, 0.5) is 0 Å². The molecule has 3 rings (SSSR count). The fourth-order valence-corrected chi connectivity index (χ4v) is 4.31. The van der Waals surface area contributed by atoms with Crippen LogP contribution in [0.3, 0.4) is 0 Å². The van der Waals surface area contributed by atoms with Gasteiger partial charge in [0.1, 0.15) is 6.54 Å². The first-order chi connectivity index (χ1) is 13.8. The van der Waals surface area contributed by atoms with Gasteiger partial charge in [0.25, 0.3) is 0 Å². The Morgan fingerprint density at radius 3 is 2.50 bits per heavy atom. The predicted octanol–water partition coefficient (Wildman–Crippen LogP) is 4.11. The van der Waals surface area contributed by atoms with Gasteiger partial charge < -0.3 is 9.80 Å². The zero-order chi connectivity index (χ0) is 19.5. The van der Waals surface area contributed by atoms with Crippen LogP contribution in [-0.4, -0.2) is 41.6 Å². The molecule has 1 saturated heterocycles. The van der Waals surface area contributed by atoms with E-state index in [9.17, 15) is 4.79 Å². The Hall–Kier alpha value is -2.20. The topological polar surface area (TPSA) is 42.0 Å². The number of amides is 1. The van der Waals surface area contributed by atoms with E-state index < -0.39 is 0 Å². The van der Waals surface area contributed by atoms with Gasteiger partial charge in [0.15, 0.2) is 0 Å². The van der Waals surface area contributed by atoms with Crippen molar-refractivity contribution in [1.82, 2.24) is 10.3 Å². The van der Waals surface area contributed by atoms with Gasteiger partial charge in [-0.25, -0.2) is 0 Å². The Morgan fingerprint density at radius 2 is 1.75 bits per heavy atom. The van der Waals surface area contributed by atoms with Crippen molar-refractivity contribution in [3.05, 3.63) is 66.0 Å². The minimum atomic E-state index is 0.148. The number of piperidine rings is 1. The van der Waals surface area contributed by atoms with E-state index >= 15 is 0 Å². The number of pyridine rings is 1. The second-order valence-electron chi connectivity index (χ2n) is 8.14. The summed E-state index contributed by atoms with van der Waals surface area (Å²) in [6.07, 6.45) is 11.2. The molecule has 2 aromatic rings. The van der Waals surface area contributed by atoms with Crippen molar-refractivity contribution in [3.8, 4) is 0 Å². The monoisotopic (exact) mass is 380 g/mol. The highest BCUT2D eigenvalue weighted by Gasteiger charge is 2.29. The number of quaternary nitrogens is 1. The second-order valence-corrected chi connectivity index (χ2v) is 8.14. The molecular weight excluding hydrogens is 346 g/mol. The van der Waals surface area contributed by atoms with Crippen LogP contribution in [0.25, 0.3) is 0 Å².